The van der Waals surface area contributed by atoms with Crippen molar-refractivity contribution in [1.82, 2.24) is 4.90 Å². The van der Waals surface area contributed by atoms with Crippen molar-refractivity contribution >= 4 is 27.3 Å². The van der Waals surface area contributed by atoms with E-state index in [1.807, 2.05) is 6.07 Å². The molecule has 1 amide bonds. The fourth-order valence-electron chi connectivity index (χ4n) is 3.96. The third kappa shape index (κ3) is 4.94. The Bertz CT molecular complexity index is 844. The number of ether oxygens (including phenoxy) is 1. The van der Waals surface area contributed by atoms with Crippen molar-refractivity contribution in [3.05, 3.63) is 28.8 Å². The summed E-state index contributed by atoms with van der Waals surface area (Å²) in [6, 6.07) is 6.43. The van der Waals surface area contributed by atoms with Crippen LogP contribution in [0.2, 0.25) is 5.02 Å². The Kier molecular flexibility index (Phi) is 6.28. The van der Waals surface area contributed by atoms with Gasteiger partial charge in [-0.2, -0.15) is 5.26 Å². The smallest absolute Gasteiger partial charge is 0.261 e. The number of halogens is 1. The predicted molar refractivity (Wildman–Crippen MR) is 102 cm³/mol. The first-order valence-corrected chi connectivity index (χ1v) is 11.4. The van der Waals surface area contributed by atoms with Crippen LogP contribution < -0.4 is 4.74 Å². The van der Waals surface area contributed by atoms with Crippen molar-refractivity contribution in [2.24, 2.45) is 0 Å². The molecule has 0 spiro atoms. The Hall–Kier alpha value is -1.78. The summed E-state index contributed by atoms with van der Waals surface area (Å²) >= 11 is 6.10. The molecule has 27 heavy (non-hydrogen) atoms. The van der Waals surface area contributed by atoms with Gasteiger partial charge in [-0.25, -0.2) is 8.42 Å². The van der Waals surface area contributed by atoms with Crippen LogP contribution in [0, 0.1) is 11.3 Å². The number of rotatable bonds is 5. The first-order chi connectivity index (χ1) is 12.9. The number of hydrogen-bond acceptors (Lipinski definition) is 5. The maximum atomic E-state index is 13.0. The van der Waals surface area contributed by atoms with Crippen molar-refractivity contribution in [1.29, 1.82) is 5.26 Å². The molecule has 146 valence electrons. The Morgan fingerprint density at radius 2 is 1.96 bits per heavy atom. The van der Waals surface area contributed by atoms with E-state index in [1.54, 1.807) is 17.0 Å². The van der Waals surface area contributed by atoms with Crippen molar-refractivity contribution in [3.63, 3.8) is 0 Å². The minimum Gasteiger partial charge on any atom is -0.482 e. The van der Waals surface area contributed by atoms with Crippen LogP contribution in [0.4, 0.5) is 0 Å². The molecule has 2 fully saturated rings. The molecule has 1 heterocycles. The van der Waals surface area contributed by atoms with Crippen molar-refractivity contribution < 1.29 is 17.9 Å². The second-order valence-electron chi connectivity index (χ2n) is 7.20. The molecule has 1 aromatic rings. The monoisotopic (exact) mass is 410 g/mol. The number of benzene rings is 1. The molecule has 0 radical (unpaired) electrons. The summed E-state index contributed by atoms with van der Waals surface area (Å²) in [5.41, 5.74) is 0.415. The second-order valence-corrected chi connectivity index (χ2v) is 9.83. The van der Waals surface area contributed by atoms with E-state index in [9.17, 15) is 13.2 Å². The van der Waals surface area contributed by atoms with Crippen LogP contribution in [-0.2, 0) is 14.6 Å². The van der Waals surface area contributed by atoms with Crippen LogP contribution in [0.15, 0.2) is 18.2 Å². The average Bonchev–Trinajstić information content (AvgIpc) is 3.01. The van der Waals surface area contributed by atoms with Crippen LogP contribution >= 0.6 is 11.6 Å². The molecular formula is C19H23ClN2O4S. The highest BCUT2D eigenvalue weighted by atomic mass is 35.5. The second kappa shape index (κ2) is 8.49. The summed E-state index contributed by atoms with van der Waals surface area (Å²) < 4.78 is 29.4. The first kappa shape index (κ1) is 20.0. The lowest BCUT2D eigenvalue weighted by Crippen LogP contribution is -2.50. The Morgan fingerprint density at radius 3 is 2.56 bits per heavy atom. The maximum Gasteiger partial charge on any atom is 0.261 e. The zero-order valence-electron chi connectivity index (χ0n) is 15.1. The molecule has 1 unspecified atom stereocenters. The van der Waals surface area contributed by atoms with E-state index in [4.69, 9.17) is 21.6 Å². The highest BCUT2D eigenvalue weighted by Gasteiger charge is 2.38. The highest BCUT2D eigenvalue weighted by Crippen LogP contribution is 2.29. The number of sulfone groups is 1. The quantitative estimate of drug-likeness (QED) is 0.744. The molecule has 6 nitrogen and oxygen atoms in total. The van der Waals surface area contributed by atoms with Crippen molar-refractivity contribution in [3.8, 4) is 11.8 Å². The minimum absolute atomic E-state index is 0.0346. The largest absolute Gasteiger partial charge is 0.482 e. The number of hydrogen-bond donors (Lipinski definition) is 0. The summed E-state index contributed by atoms with van der Waals surface area (Å²) in [7, 11) is -3.08. The van der Waals surface area contributed by atoms with E-state index in [-0.39, 0.29) is 41.1 Å². The summed E-state index contributed by atoms with van der Waals surface area (Å²) in [6.45, 7) is -0.196. The Labute approximate surface area is 165 Å². The van der Waals surface area contributed by atoms with Crippen LogP contribution in [0.1, 0.15) is 44.1 Å². The van der Waals surface area contributed by atoms with Crippen LogP contribution in [-0.4, -0.2) is 49.4 Å². The fraction of sp³-hybridized carbons (Fsp3) is 0.579. The van der Waals surface area contributed by atoms with Gasteiger partial charge in [0, 0.05) is 12.1 Å². The van der Waals surface area contributed by atoms with Gasteiger partial charge in [0.05, 0.1) is 28.2 Å². The van der Waals surface area contributed by atoms with Gasteiger partial charge in [-0.3, -0.25) is 4.79 Å². The summed E-state index contributed by atoms with van der Waals surface area (Å²) in [6.07, 6.45) is 5.55. The fourth-order valence-corrected chi connectivity index (χ4v) is 5.91. The van der Waals surface area contributed by atoms with E-state index in [2.05, 4.69) is 0 Å². The molecule has 8 heteroatoms. The molecule has 1 aromatic carbocycles. The standard InChI is InChI=1S/C19H23ClN2O4S/c20-17-10-14(11-21)6-7-18(17)26-12-19(23)22(15-4-2-1-3-5-15)16-8-9-27(24,25)13-16/h6-7,10,15-16H,1-5,8-9,12-13H2. The molecule has 0 bridgehead atoms. The number of amides is 1. The van der Waals surface area contributed by atoms with Crippen LogP contribution in [0.3, 0.4) is 0 Å². The Morgan fingerprint density at radius 1 is 1.22 bits per heavy atom. The molecule has 2 aliphatic rings. The van der Waals surface area contributed by atoms with E-state index >= 15 is 0 Å². The third-order valence-corrected chi connectivity index (χ3v) is 7.32. The normalized spacial score (nSPS) is 22.1. The van der Waals surface area contributed by atoms with Gasteiger partial charge in [-0.1, -0.05) is 30.9 Å². The van der Waals surface area contributed by atoms with Gasteiger partial charge in [0.25, 0.3) is 5.91 Å². The Balaban J connectivity index is 1.72. The maximum absolute atomic E-state index is 13.0. The van der Waals surface area contributed by atoms with Gasteiger partial charge in [0.2, 0.25) is 0 Å². The molecule has 3 rings (SSSR count). The van der Waals surface area contributed by atoms with E-state index in [0.29, 0.717) is 17.7 Å². The van der Waals surface area contributed by atoms with Crippen LogP contribution in [0.25, 0.3) is 0 Å². The van der Waals surface area contributed by atoms with E-state index in [0.717, 1.165) is 32.1 Å². The van der Waals surface area contributed by atoms with Gasteiger partial charge < -0.3 is 9.64 Å². The van der Waals surface area contributed by atoms with Gasteiger partial charge in [0.1, 0.15) is 5.75 Å². The minimum atomic E-state index is -3.08. The average molecular weight is 411 g/mol. The number of carbonyl (C=O) groups is 1. The van der Waals surface area contributed by atoms with E-state index < -0.39 is 9.84 Å². The van der Waals surface area contributed by atoms with Crippen LogP contribution in [0.5, 0.6) is 5.75 Å². The van der Waals surface area contributed by atoms with Gasteiger partial charge in [-0.15, -0.1) is 0 Å². The molecule has 0 N–H and O–H groups in total. The van der Waals surface area contributed by atoms with Gasteiger partial charge >= 0.3 is 0 Å². The lowest BCUT2D eigenvalue weighted by atomic mass is 9.93. The van der Waals surface area contributed by atoms with E-state index in [1.165, 1.54) is 6.07 Å². The molecule has 1 atom stereocenters. The topological polar surface area (TPSA) is 87.5 Å². The number of nitrogens with zero attached hydrogens (tertiary/aromatic N) is 2. The van der Waals surface area contributed by atoms with Crippen molar-refractivity contribution in [2.45, 2.75) is 50.6 Å². The SMILES string of the molecule is N#Cc1ccc(OCC(=O)N(C2CCCCC2)C2CCS(=O)(=O)C2)c(Cl)c1. The molecular weight excluding hydrogens is 388 g/mol. The lowest BCUT2D eigenvalue weighted by molar-refractivity contribution is -0.138. The molecule has 1 aliphatic carbocycles. The zero-order valence-corrected chi connectivity index (χ0v) is 16.6. The summed E-state index contributed by atoms with van der Waals surface area (Å²) in [5, 5.41) is 9.17. The molecule has 1 saturated heterocycles. The number of nitriles is 1. The summed E-state index contributed by atoms with van der Waals surface area (Å²) in [4.78, 5) is 14.7. The lowest BCUT2D eigenvalue weighted by Gasteiger charge is -2.38. The predicted octanol–water partition coefficient (Wildman–Crippen LogP) is 2.94. The molecule has 1 saturated carbocycles. The van der Waals surface area contributed by atoms with Gasteiger partial charge in [0.15, 0.2) is 16.4 Å². The molecule has 0 aromatic heterocycles. The third-order valence-electron chi connectivity index (χ3n) is 5.27. The van der Waals surface area contributed by atoms with Crippen molar-refractivity contribution in [2.75, 3.05) is 18.1 Å². The number of carbonyl (C=O) groups excluding carboxylic acids is 1. The first-order valence-electron chi connectivity index (χ1n) is 9.23. The molecule has 1 aliphatic heterocycles. The highest BCUT2D eigenvalue weighted by molar-refractivity contribution is 7.91. The summed E-state index contributed by atoms with van der Waals surface area (Å²) in [5.74, 6) is 0.305. The zero-order chi connectivity index (χ0) is 19.4. The van der Waals surface area contributed by atoms with Gasteiger partial charge in [-0.05, 0) is 37.5 Å².